The van der Waals surface area contributed by atoms with Gasteiger partial charge in [0.05, 0.1) is 6.10 Å². The lowest BCUT2D eigenvalue weighted by atomic mass is 10.0. The number of fused-ring (bicyclic) bond motifs is 1. The zero-order valence-corrected chi connectivity index (χ0v) is 12.4. The van der Waals surface area contributed by atoms with Gasteiger partial charge in [0.1, 0.15) is 5.82 Å². The van der Waals surface area contributed by atoms with Crippen LogP contribution in [0.1, 0.15) is 29.7 Å². The van der Waals surface area contributed by atoms with Gasteiger partial charge in [-0.3, -0.25) is 0 Å². The van der Waals surface area contributed by atoms with Crippen LogP contribution in [0, 0.1) is 5.82 Å². The van der Waals surface area contributed by atoms with Crippen molar-refractivity contribution >= 4 is 11.8 Å². The van der Waals surface area contributed by atoms with E-state index in [0.717, 1.165) is 17.7 Å². The largest absolute Gasteiger partial charge is 0.387 e. The molecular weight excluding hydrogens is 285 g/mol. The van der Waals surface area contributed by atoms with E-state index in [9.17, 15) is 9.50 Å². The SMILES string of the molecule is OC(CNC1CCSc2ccccc21)c1ccc(F)cc1. The molecule has 0 radical (unpaired) electrons. The molecule has 4 heteroatoms. The van der Waals surface area contributed by atoms with Crippen LogP contribution in [0.25, 0.3) is 0 Å². The van der Waals surface area contributed by atoms with Crippen LogP contribution in [0.15, 0.2) is 53.4 Å². The Hall–Kier alpha value is -1.36. The van der Waals surface area contributed by atoms with E-state index in [0.29, 0.717) is 6.54 Å². The van der Waals surface area contributed by atoms with Gasteiger partial charge in [-0.25, -0.2) is 4.39 Å². The van der Waals surface area contributed by atoms with Crippen molar-refractivity contribution in [3.8, 4) is 0 Å². The third kappa shape index (κ3) is 3.46. The van der Waals surface area contributed by atoms with Crippen LogP contribution in [-0.2, 0) is 0 Å². The Morgan fingerprint density at radius 2 is 1.95 bits per heavy atom. The molecule has 21 heavy (non-hydrogen) atoms. The molecule has 2 aromatic carbocycles. The van der Waals surface area contributed by atoms with Crippen molar-refractivity contribution in [1.82, 2.24) is 5.32 Å². The van der Waals surface area contributed by atoms with Crippen LogP contribution in [0.3, 0.4) is 0 Å². The molecule has 110 valence electrons. The van der Waals surface area contributed by atoms with Crippen LogP contribution in [0.4, 0.5) is 4.39 Å². The average Bonchev–Trinajstić information content (AvgIpc) is 2.53. The minimum absolute atomic E-state index is 0.276. The zero-order chi connectivity index (χ0) is 14.7. The fourth-order valence-electron chi connectivity index (χ4n) is 2.61. The minimum Gasteiger partial charge on any atom is -0.387 e. The second kappa shape index (κ2) is 6.60. The number of halogens is 1. The summed E-state index contributed by atoms with van der Waals surface area (Å²) in [6.07, 6.45) is 0.435. The average molecular weight is 303 g/mol. The topological polar surface area (TPSA) is 32.3 Å². The molecule has 2 nitrogen and oxygen atoms in total. The Kier molecular flexibility index (Phi) is 4.58. The number of thioether (sulfide) groups is 1. The van der Waals surface area contributed by atoms with Gasteiger partial charge in [-0.1, -0.05) is 30.3 Å². The van der Waals surface area contributed by atoms with Crippen LogP contribution in [-0.4, -0.2) is 17.4 Å². The molecular formula is C17H18FNOS. The molecule has 2 aromatic rings. The van der Waals surface area contributed by atoms with E-state index in [4.69, 9.17) is 0 Å². The van der Waals surface area contributed by atoms with Gasteiger partial charge in [0.15, 0.2) is 0 Å². The maximum atomic E-state index is 12.9. The van der Waals surface area contributed by atoms with Crippen LogP contribution >= 0.6 is 11.8 Å². The lowest BCUT2D eigenvalue weighted by Gasteiger charge is -2.27. The van der Waals surface area contributed by atoms with Crippen molar-refractivity contribution in [2.24, 2.45) is 0 Å². The molecule has 0 saturated carbocycles. The summed E-state index contributed by atoms with van der Waals surface area (Å²) in [4.78, 5) is 1.32. The highest BCUT2D eigenvalue weighted by Crippen LogP contribution is 2.35. The number of aliphatic hydroxyl groups excluding tert-OH is 1. The third-order valence-electron chi connectivity index (χ3n) is 3.77. The zero-order valence-electron chi connectivity index (χ0n) is 11.6. The first-order valence-electron chi connectivity index (χ1n) is 7.12. The van der Waals surface area contributed by atoms with Gasteiger partial charge in [0.2, 0.25) is 0 Å². The van der Waals surface area contributed by atoms with E-state index in [1.165, 1.54) is 22.6 Å². The number of benzene rings is 2. The lowest BCUT2D eigenvalue weighted by Crippen LogP contribution is -2.28. The highest BCUT2D eigenvalue weighted by molar-refractivity contribution is 7.99. The summed E-state index contributed by atoms with van der Waals surface area (Å²) in [7, 11) is 0. The molecule has 0 saturated heterocycles. The molecule has 0 aromatic heterocycles. The fraction of sp³-hybridized carbons (Fsp3) is 0.294. The Balaban J connectivity index is 1.64. The predicted molar refractivity (Wildman–Crippen MR) is 83.9 cm³/mol. The highest BCUT2D eigenvalue weighted by atomic mass is 32.2. The smallest absolute Gasteiger partial charge is 0.123 e. The molecule has 0 bridgehead atoms. The van der Waals surface area contributed by atoms with Gasteiger partial charge in [0, 0.05) is 17.5 Å². The van der Waals surface area contributed by atoms with E-state index in [1.54, 1.807) is 12.1 Å². The van der Waals surface area contributed by atoms with Gasteiger partial charge >= 0.3 is 0 Å². The number of aliphatic hydroxyl groups is 1. The third-order valence-corrected chi connectivity index (χ3v) is 4.89. The standard InChI is InChI=1S/C17H18FNOS/c18-13-7-5-12(6-8-13)16(20)11-19-15-9-10-21-17-4-2-1-3-14(15)17/h1-8,15-16,19-20H,9-11H2. The number of rotatable bonds is 4. The molecule has 1 aliphatic rings. The van der Waals surface area contributed by atoms with Crippen molar-refractivity contribution in [3.63, 3.8) is 0 Å². The van der Waals surface area contributed by atoms with Crippen molar-refractivity contribution in [3.05, 3.63) is 65.5 Å². The predicted octanol–water partition coefficient (Wildman–Crippen LogP) is 3.69. The van der Waals surface area contributed by atoms with Crippen LogP contribution < -0.4 is 5.32 Å². The van der Waals surface area contributed by atoms with Gasteiger partial charge < -0.3 is 10.4 Å². The summed E-state index contributed by atoms with van der Waals surface area (Å²) in [6, 6.07) is 14.7. The first kappa shape index (κ1) is 14.6. The van der Waals surface area contributed by atoms with Crippen molar-refractivity contribution < 1.29 is 9.50 Å². The number of hydrogen-bond donors (Lipinski definition) is 2. The Bertz CT molecular complexity index is 602. The second-order valence-corrected chi connectivity index (χ2v) is 6.34. The van der Waals surface area contributed by atoms with E-state index >= 15 is 0 Å². The normalized spacial score (nSPS) is 19.0. The van der Waals surface area contributed by atoms with Gasteiger partial charge in [0.25, 0.3) is 0 Å². The monoisotopic (exact) mass is 303 g/mol. The van der Waals surface area contributed by atoms with Crippen molar-refractivity contribution in [2.45, 2.75) is 23.5 Å². The fourth-order valence-corrected chi connectivity index (χ4v) is 3.74. The van der Waals surface area contributed by atoms with Crippen LogP contribution in [0.5, 0.6) is 0 Å². The van der Waals surface area contributed by atoms with Gasteiger partial charge in [-0.15, -0.1) is 11.8 Å². The summed E-state index contributed by atoms with van der Waals surface area (Å²) in [5, 5.41) is 13.6. The molecule has 2 atom stereocenters. The molecule has 0 amide bonds. The Labute approximate surface area is 128 Å². The van der Waals surface area contributed by atoms with Crippen LogP contribution in [0.2, 0.25) is 0 Å². The van der Waals surface area contributed by atoms with Crippen molar-refractivity contribution in [2.75, 3.05) is 12.3 Å². The number of nitrogens with one attached hydrogen (secondary N) is 1. The molecule has 1 heterocycles. The summed E-state index contributed by atoms with van der Waals surface area (Å²) in [5.74, 6) is 0.804. The maximum absolute atomic E-state index is 12.9. The molecule has 2 unspecified atom stereocenters. The molecule has 1 aliphatic heterocycles. The Morgan fingerprint density at radius 3 is 2.76 bits per heavy atom. The van der Waals surface area contributed by atoms with Gasteiger partial charge in [-0.2, -0.15) is 0 Å². The summed E-state index contributed by atoms with van der Waals surface area (Å²) in [6.45, 7) is 0.468. The molecule has 2 N–H and O–H groups in total. The quantitative estimate of drug-likeness (QED) is 0.903. The first-order valence-corrected chi connectivity index (χ1v) is 8.11. The van der Waals surface area contributed by atoms with E-state index in [2.05, 4.69) is 29.6 Å². The lowest BCUT2D eigenvalue weighted by molar-refractivity contribution is 0.169. The first-order chi connectivity index (χ1) is 10.2. The van der Waals surface area contributed by atoms with Gasteiger partial charge in [-0.05, 0) is 41.5 Å². The summed E-state index contributed by atoms with van der Waals surface area (Å²) >= 11 is 1.88. The van der Waals surface area contributed by atoms with E-state index in [-0.39, 0.29) is 11.9 Å². The summed E-state index contributed by atoms with van der Waals surface area (Å²) < 4.78 is 12.9. The Morgan fingerprint density at radius 1 is 1.19 bits per heavy atom. The highest BCUT2D eigenvalue weighted by Gasteiger charge is 2.20. The number of hydrogen-bond acceptors (Lipinski definition) is 3. The molecule has 0 aliphatic carbocycles. The molecule has 0 spiro atoms. The molecule has 3 rings (SSSR count). The minimum atomic E-state index is -0.618. The van der Waals surface area contributed by atoms with E-state index < -0.39 is 6.10 Å². The molecule has 0 fully saturated rings. The summed E-state index contributed by atoms with van der Waals surface area (Å²) in [5.41, 5.74) is 2.04. The van der Waals surface area contributed by atoms with Crippen molar-refractivity contribution in [1.29, 1.82) is 0 Å². The maximum Gasteiger partial charge on any atom is 0.123 e. The second-order valence-electron chi connectivity index (χ2n) is 5.20. The van der Waals surface area contributed by atoms with E-state index in [1.807, 2.05) is 11.8 Å².